The SMILES string of the molecule is COc1ccc(CC(=O)N2CCCN(C(C)C)CCN(C(=O)C3CN(C(=O)C(C)C)C3)Cc3cccc(C)c32)cc1. The number of methoxy groups -OCH3 is 1. The Morgan fingerprint density at radius 3 is 2.24 bits per heavy atom. The zero-order chi connectivity index (χ0) is 29.7. The minimum absolute atomic E-state index is 0.0424. The first-order valence-electron chi connectivity index (χ1n) is 14.9. The second-order valence-corrected chi connectivity index (χ2v) is 12.0. The van der Waals surface area contributed by atoms with E-state index in [1.165, 1.54) is 0 Å². The van der Waals surface area contributed by atoms with Gasteiger partial charge < -0.3 is 19.4 Å². The van der Waals surface area contributed by atoms with Gasteiger partial charge in [0, 0.05) is 57.8 Å². The predicted octanol–water partition coefficient (Wildman–Crippen LogP) is 4.14. The summed E-state index contributed by atoms with van der Waals surface area (Å²) in [5.74, 6) is 0.741. The van der Waals surface area contributed by atoms with Gasteiger partial charge in [-0.05, 0) is 56.0 Å². The molecule has 0 radical (unpaired) electrons. The number of hydrogen-bond donors (Lipinski definition) is 0. The van der Waals surface area contributed by atoms with Crippen LogP contribution in [0.5, 0.6) is 5.75 Å². The number of nitrogens with zero attached hydrogens (tertiary/aromatic N) is 4. The zero-order valence-electron chi connectivity index (χ0n) is 25.6. The quantitative estimate of drug-likeness (QED) is 0.529. The molecule has 2 aromatic rings. The van der Waals surface area contributed by atoms with Gasteiger partial charge in [0.05, 0.1) is 25.1 Å². The number of hydrogen-bond acceptors (Lipinski definition) is 5. The van der Waals surface area contributed by atoms with Crippen LogP contribution in [0, 0.1) is 18.8 Å². The first kappa shape index (κ1) is 30.6. The summed E-state index contributed by atoms with van der Waals surface area (Å²) in [5.41, 5.74) is 3.85. The Balaban J connectivity index is 1.62. The zero-order valence-corrected chi connectivity index (χ0v) is 25.6. The molecule has 222 valence electrons. The van der Waals surface area contributed by atoms with Crippen molar-refractivity contribution >= 4 is 23.4 Å². The lowest BCUT2D eigenvalue weighted by atomic mass is 9.96. The molecule has 2 aliphatic rings. The van der Waals surface area contributed by atoms with Gasteiger partial charge in [0.15, 0.2) is 0 Å². The van der Waals surface area contributed by atoms with E-state index in [2.05, 4.69) is 18.7 Å². The Morgan fingerprint density at radius 1 is 0.902 bits per heavy atom. The number of anilines is 1. The van der Waals surface area contributed by atoms with Gasteiger partial charge >= 0.3 is 0 Å². The summed E-state index contributed by atoms with van der Waals surface area (Å²) in [5, 5.41) is 0. The number of likely N-dealkylation sites (tertiary alicyclic amines) is 1. The Kier molecular flexibility index (Phi) is 10.1. The highest BCUT2D eigenvalue weighted by Crippen LogP contribution is 2.30. The van der Waals surface area contributed by atoms with Crippen LogP contribution in [0.25, 0.3) is 0 Å². The number of amides is 3. The number of fused-ring (bicyclic) bond motifs is 1. The molecule has 0 saturated carbocycles. The van der Waals surface area contributed by atoms with Crippen molar-refractivity contribution in [2.75, 3.05) is 51.3 Å². The maximum absolute atomic E-state index is 13.9. The molecule has 0 unspecified atom stereocenters. The lowest BCUT2D eigenvalue weighted by Gasteiger charge is -2.42. The highest BCUT2D eigenvalue weighted by Gasteiger charge is 2.39. The third-order valence-corrected chi connectivity index (χ3v) is 8.33. The van der Waals surface area contributed by atoms with Crippen LogP contribution in [-0.4, -0.2) is 84.8 Å². The highest BCUT2D eigenvalue weighted by molar-refractivity contribution is 5.96. The number of rotatable bonds is 6. The van der Waals surface area contributed by atoms with Gasteiger partial charge in [0.25, 0.3) is 0 Å². The molecule has 8 heteroatoms. The molecular weight excluding hydrogens is 516 g/mol. The van der Waals surface area contributed by atoms with E-state index in [9.17, 15) is 14.4 Å². The van der Waals surface area contributed by atoms with E-state index in [4.69, 9.17) is 4.74 Å². The maximum atomic E-state index is 13.9. The first-order chi connectivity index (χ1) is 19.6. The normalized spacial score (nSPS) is 17.2. The minimum atomic E-state index is -0.184. The molecule has 8 nitrogen and oxygen atoms in total. The molecule has 0 aromatic heterocycles. The van der Waals surface area contributed by atoms with Crippen LogP contribution in [0.2, 0.25) is 0 Å². The van der Waals surface area contributed by atoms with Crippen molar-refractivity contribution in [2.45, 2.75) is 60.0 Å². The maximum Gasteiger partial charge on any atom is 0.231 e. The van der Waals surface area contributed by atoms with Gasteiger partial charge in [-0.1, -0.05) is 44.2 Å². The summed E-state index contributed by atoms with van der Waals surface area (Å²) in [6.07, 6.45) is 1.12. The average Bonchev–Trinajstić information content (AvgIpc) is 2.95. The number of para-hydroxylation sites is 1. The fraction of sp³-hybridized carbons (Fsp3) is 0.545. The number of carbonyl (C=O) groups is 3. The Bertz CT molecular complexity index is 1220. The van der Waals surface area contributed by atoms with Crippen molar-refractivity contribution in [2.24, 2.45) is 11.8 Å². The fourth-order valence-corrected chi connectivity index (χ4v) is 5.83. The number of carbonyl (C=O) groups excluding carboxylic acids is 3. The van der Waals surface area contributed by atoms with Crippen molar-refractivity contribution in [1.29, 1.82) is 0 Å². The van der Waals surface area contributed by atoms with Crippen LogP contribution in [0.15, 0.2) is 42.5 Å². The van der Waals surface area contributed by atoms with Crippen molar-refractivity contribution in [3.8, 4) is 5.75 Å². The van der Waals surface area contributed by atoms with Crippen molar-refractivity contribution in [1.82, 2.24) is 14.7 Å². The summed E-state index contributed by atoms with van der Waals surface area (Å²) >= 11 is 0. The monoisotopic (exact) mass is 562 g/mol. The van der Waals surface area contributed by atoms with Gasteiger partial charge in [-0.3, -0.25) is 19.3 Å². The number of ether oxygens (including phenoxy) is 1. The molecule has 2 aliphatic heterocycles. The third kappa shape index (κ3) is 7.28. The van der Waals surface area contributed by atoms with E-state index in [-0.39, 0.29) is 36.0 Å². The summed E-state index contributed by atoms with van der Waals surface area (Å²) in [6.45, 7) is 14.4. The van der Waals surface area contributed by atoms with Gasteiger partial charge in [-0.25, -0.2) is 0 Å². The standard InChI is InChI=1S/C33H46N4O4/c1-23(2)32(39)36-21-28(22-36)33(40)35-18-17-34(24(3)4)15-8-16-37(31-25(5)9-7-10-27(31)20-35)30(38)19-26-11-13-29(41-6)14-12-26/h7,9-14,23-24,28H,8,15-22H2,1-6H3. The van der Waals surface area contributed by atoms with E-state index in [1.54, 1.807) is 12.0 Å². The van der Waals surface area contributed by atoms with E-state index < -0.39 is 0 Å². The molecule has 0 bridgehead atoms. The molecule has 4 rings (SSSR count). The Hall–Kier alpha value is -3.39. The van der Waals surface area contributed by atoms with Gasteiger partial charge in [0.1, 0.15) is 5.75 Å². The molecule has 1 fully saturated rings. The number of benzene rings is 2. The highest BCUT2D eigenvalue weighted by atomic mass is 16.5. The largest absolute Gasteiger partial charge is 0.497 e. The summed E-state index contributed by atoms with van der Waals surface area (Å²) < 4.78 is 5.28. The summed E-state index contributed by atoms with van der Waals surface area (Å²) in [4.78, 5) is 48.2. The van der Waals surface area contributed by atoms with Gasteiger partial charge in [-0.15, -0.1) is 0 Å². The van der Waals surface area contributed by atoms with Crippen molar-refractivity contribution < 1.29 is 19.1 Å². The lowest BCUT2D eigenvalue weighted by molar-refractivity contribution is -0.150. The van der Waals surface area contributed by atoms with Crippen LogP contribution < -0.4 is 9.64 Å². The van der Waals surface area contributed by atoms with E-state index >= 15 is 0 Å². The van der Waals surface area contributed by atoms with Crippen LogP contribution in [0.3, 0.4) is 0 Å². The molecule has 0 aliphatic carbocycles. The number of aryl methyl sites for hydroxylation is 1. The van der Waals surface area contributed by atoms with Gasteiger partial charge in [-0.2, -0.15) is 0 Å². The molecule has 2 aromatic carbocycles. The third-order valence-electron chi connectivity index (χ3n) is 8.33. The molecule has 2 heterocycles. The topological polar surface area (TPSA) is 73.4 Å². The van der Waals surface area contributed by atoms with Crippen molar-refractivity contribution in [3.05, 3.63) is 59.2 Å². The van der Waals surface area contributed by atoms with E-state index in [0.717, 1.165) is 47.6 Å². The first-order valence-corrected chi connectivity index (χ1v) is 14.9. The Labute approximate surface area is 245 Å². The molecule has 1 saturated heterocycles. The van der Waals surface area contributed by atoms with Gasteiger partial charge in [0.2, 0.25) is 17.7 Å². The molecular formula is C33H46N4O4. The Morgan fingerprint density at radius 2 is 1.61 bits per heavy atom. The minimum Gasteiger partial charge on any atom is -0.497 e. The smallest absolute Gasteiger partial charge is 0.231 e. The molecule has 0 N–H and O–H groups in total. The molecule has 41 heavy (non-hydrogen) atoms. The van der Waals surface area contributed by atoms with Crippen molar-refractivity contribution in [3.63, 3.8) is 0 Å². The van der Waals surface area contributed by atoms with E-state index in [0.29, 0.717) is 38.8 Å². The van der Waals surface area contributed by atoms with E-state index in [1.807, 2.05) is 73.0 Å². The second-order valence-electron chi connectivity index (χ2n) is 12.0. The van der Waals surface area contributed by atoms with Crippen LogP contribution in [-0.2, 0) is 27.3 Å². The summed E-state index contributed by atoms with van der Waals surface area (Å²) in [6, 6.07) is 14.1. The molecule has 3 amide bonds. The lowest BCUT2D eigenvalue weighted by Crippen LogP contribution is -2.57. The second kappa shape index (κ2) is 13.5. The van der Waals surface area contributed by atoms with Crippen LogP contribution >= 0.6 is 0 Å². The predicted molar refractivity (Wildman–Crippen MR) is 162 cm³/mol. The average molecular weight is 563 g/mol. The van der Waals surface area contributed by atoms with Crippen LogP contribution in [0.4, 0.5) is 5.69 Å². The fourth-order valence-electron chi connectivity index (χ4n) is 5.83. The van der Waals surface area contributed by atoms with Crippen LogP contribution in [0.1, 0.15) is 50.8 Å². The molecule has 0 atom stereocenters. The molecule has 0 spiro atoms. The summed E-state index contributed by atoms with van der Waals surface area (Å²) in [7, 11) is 1.63.